The summed E-state index contributed by atoms with van der Waals surface area (Å²) in [5.74, 6) is 1.86. The Kier molecular flexibility index (Phi) is 6.25. The highest BCUT2D eigenvalue weighted by Crippen LogP contribution is 2.38. The van der Waals surface area contributed by atoms with Crippen LogP contribution in [-0.4, -0.2) is 38.4 Å². The summed E-state index contributed by atoms with van der Waals surface area (Å²) in [7, 11) is 1.78. The second kappa shape index (κ2) is 9.05. The van der Waals surface area contributed by atoms with E-state index in [-0.39, 0.29) is 5.91 Å². The summed E-state index contributed by atoms with van der Waals surface area (Å²) in [6.07, 6.45) is 6.19. The van der Waals surface area contributed by atoms with Crippen LogP contribution in [0.5, 0.6) is 0 Å². The third kappa shape index (κ3) is 4.51. The van der Waals surface area contributed by atoms with Crippen LogP contribution in [0.15, 0.2) is 52.2 Å². The van der Waals surface area contributed by atoms with E-state index in [1.165, 1.54) is 24.6 Å². The summed E-state index contributed by atoms with van der Waals surface area (Å²) in [6, 6.07) is 11.7. The van der Waals surface area contributed by atoms with Crippen LogP contribution in [-0.2, 0) is 11.3 Å². The number of hydrogen-bond acceptors (Lipinski definition) is 5. The molecule has 2 heterocycles. The van der Waals surface area contributed by atoms with Crippen LogP contribution in [0.1, 0.15) is 37.5 Å². The van der Waals surface area contributed by atoms with Crippen molar-refractivity contribution in [2.45, 2.75) is 43.4 Å². The van der Waals surface area contributed by atoms with Crippen molar-refractivity contribution in [2.75, 3.05) is 12.8 Å². The topological polar surface area (TPSA) is 64.2 Å². The molecule has 0 N–H and O–H groups in total. The first-order chi connectivity index (χ1) is 14.1. The second-order valence-corrected chi connectivity index (χ2v) is 8.56. The quantitative estimate of drug-likeness (QED) is 0.490. The maximum atomic E-state index is 12.6. The first kappa shape index (κ1) is 20.0. The van der Waals surface area contributed by atoms with E-state index >= 15 is 0 Å². The molecule has 29 heavy (non-hydrogen) atoms. The van der Waals surface area contributed by atoms with Crippen molar-refractivity contribution in [3.05, 3.63) is 53.4 Å². The molecule has 8 heteroatoms. The molecular formula is C21H23ClN4O2S. The van der Waals surface area contributed by atoms with Gasteiger partial charge in [0.25, 0.3) is 0 Å². The van der Waals surface area contributed by atoms with Crippen molar-refractivity contribution in [1.29, 1.82) is 0 Å². The minimum absolute atomic E-state index is 0.0201. The van der Waals surface area contributed by atoms with Crippen molar-refractivity contribution in [2.24, 2.45) is 0 Å². The fourth-order valence-corrected chi connectivity index (χ4v) is 4.82. The molecule has 4 rings (SSSR count). The zero-order valence-corrected chi connectivity index (χ0v) is 17.8. The Morgan fingerprint density at radius 3 is 2.76 bits per heavy atom. The molecule has 1 saturated carbocycles. The van der Waals surface area contributed by atoms with Gasteiger partial charge in [-0.2, -0.15) is 0 Å². The lowest BCUT2D eigenvalue weighted by molar-refractivity contribution is -0.127. The predicted octanol–water partition coefficient (Wildman–Crippen LogP) is 5.06. The molecule has 1 amide bonds. The van der Waals surface area contributed by atoms with Crippen molar-refractivity contribution in [3.63, 3.8) is 0 Å². The standard InChI is InChI=1S/C21H23ClN4O2S/c1-25(13-16-9-6-12-28-16)19(27)14-29-21-24-23-20(17-10-4-5-11-18(17)22)26(21)15-7-2-3-8-15/h4-6,9-12,15H,2-3,7-8,13-14H2,1H3. The van der Waals surface area contributed by atoms with E-state index in [1.807, 2.05) is 36.4 Å². The Morgan fingerprint density at radius 1 is 1.24 bits per heavy atom. The smallest absolute Gasteiger partial charge is 0.233 e. The van der Waals surface area contributed by atoms with Crippen LogP contribution < -0.4 is 0 Å². The van der Waals surface area contributed by atoms with Gasteiger partial charge in [-0.15, -0.1) is 10.2 Å². The molecule has 1 aliphatic rings. The van der Waals surface area contributed by atoms with Crippen molar-refractivity contribution >= 4 is 29.3 Å². The van der Waals surface area contributed by atoms with Gasteiger partial charge in [0.15, 0.2) is 11.0 Å². The third-order valence-corrected chi connectivity index (χ3v) is 6.45. The number of thioether (sulfide) groups is 1. The molecule has 0 atom stereocenters. The van der Waals surface area contributed by atoms with E-state index in [9.17, 15) is 4.79 Å². The van der Waals surface area contributed by atoms with Gasteiger partial charge in [0, 0.05) is 18.7 Å². The van der Waals surface area contributed by atoms with Gasteiger partial charge < -0.3 is 9.32 Å². The normalized spacial score (nSPS) is 14.4. The molecule has 3 aromatic rings. The lowest BCUT2D eigenvalue weighted by atomic mass is 10.2. The Bertz CT molecular complexity index is 967. The lowest BCUT2D eigenvalue weighted by Crippen LogP contribution is -2.27. The lowest BCUT2D eigenvalue weighted by Gasteiger charge is -2.18. The van der Waals surface area contributed by atoms with Gasteiger partial charge >= 0.3 is 0 Å². The summed E-state index contributed by atoms with van der Waals surface area (Å²) >= 11 is 7.85. The number of hydrogen-bond donors (Lipinski definition) is 0. The summed E-state index contributed by atoms with van der Waals surface area (Å²) < 4.78 is 7.51. The Labute approximate surface area is 179 Å². The average Bonchev–Trinajstić information content (AvgIpc) is 3.47. The predicted molar refractivity (Wildman–Crippen MR) is 114 cm³/mol. The minimum Gasteiger partial charge on any atom is -0.467 e. The van der Waals surface area contributed by atoms with Crippen molar-refractivity contribution in [1.82, 2.24) is 19.7 Å². The number of halogens is 1. The van der Waals surface area contributed by atoms with E-state index in [0.717, 1.165) is 35.1 Å². The van der Waals surface area contributed by atoms with Crippen LogP contribution >= 0.6 is 23.4 Å². The maximum absolute atomic E-state index is 12.6. The fraction of sp³-hybridized carbons (Fsp3) is 0.381. The van der Waals surface area contributed by atoms with Gasteiger partial charge in [-0.3, -0.25) is 9.36 Å². The number of carbonyl (C=O) groups excluding carboxylic acids is 1. The van der Waals surface area contributed by atoms with Crippen molar-refractivity contribution < 1.29 is 9.21 Å². The zero-order valence-electron chi connectivity index (χ0n) is 16.3. The van der Waals surface area contributed by atoms with E-state index in [4.69, 9.17) is 16.0 Å². The molecule has 0 unspecified atom stereocenters. The van der Waals surface area contributed by atoms with E-state index in [0.29, 0.717) is 23.4 Å². The van der Waals surface area contributed by atoms with E-state index in [2.05, 4.69) is 14.8 Å². The first-order valence-corrected chi connectivity index (χ1v) is 11.1. The maximum Gasteiger partial charge on any atom is 0.233 e. The summed E-state index contributed by atoms with van der Waals surface area (Å²) in [4.78, 5) is 14.3. The molecule has 152 valence electrons. The third-order valence-electron chi connectivity index (χ3n) is 5.19. The molecule has 2 aromatic heterocycles. The Hall–Kier alpha value is -2.25. The highest BCUT2D eigenvalue weighted by molar-refractivity contribution is 7.99. The summed E-state index contributed by atoms with van der Waals surface area (Å²) in [5.41, 5.74) is 0.877. The monoisotopic (exact) mass is 430 g/mol. The molecule has 0 radical (unpaired) electrons. The largest absolute Gasteiger partial charge is 0.467 e. The summed E-state index contributed by atoms with van der Waals surface area (Å²) in [5, 5.41) is 10.3. The molecule has 0 spiro atoms. The van der Waals surface area contributed by atoms with Gasteiger partial charge in [0.1, 0.15) is 5.76 Å². The SMILES string of the molecule is CN(Cc1ccco1)C(=O)CSc1nnc(-c2ccccc2Cl)n1C1CCCC1. The molecule has 0 saturated heterocycles. The Morgan fingerprint density at radius 2 is 2.03 bits per heavy atom. The molecule has 0 bridgehead atoms. The van der Waals surface area contributed by atoms with Gasteiger partial charge in [0.2, 0.25) is 5.91 Å². The number of nitrogens with zero attached hydrogens (tertiary/aromatic N) is 4. The second-order valence-electron chi connectivity index (χ2n) is 7.21. The molecule has 1 aromatic carbocycles. The first-order valence-electron chi connectivity index (χ1n) is 9.72. The number of rotatable bonds is 7. The number of carbonyl (C=O) groups is 1. The van der Waals surface area contributed by atoms with E-state index in [1.54, 1.807) is 18.2 Å². The molecule has 1 fully saturated rings. The van der Waals surface area contributed by atoms with Gasteiger partial charge in [-0.05, 0) is 37.1 Å². The van der Waals surface area contributed by atoms with Crippen LogP contribution in [0.2, 0.25) is 5.02 Å². The van der Waals surface area contributed by atoms with Gasteiger partial charge in [-0.1, -0.05) is 48.3 Å². The van der Waals surface area contributed by atoms with Crippen LogP contribution in [0.3, 0.4) is 0 Å². The number of furan rings is 1. The van der Waals surface area contributed by atoms with Crippen molar-refractivity contribution in [3.8, 4) is 11.4 Å². The van der Waals surface area contributed by atoms with Crippen LogP contribution in [0.25, 0.3) is 11.4 Å². The van der Waals surface area contributed by atoms with Gasteiger partial charge in [0.05, 0.1) is 23.6 Å². The number of benzene rings is 1. The molecule has 6 nitrogen and oxygen atoms in total. The molecule has 1 aliphatic carbocycles. The average molecular weight is 431 g/mol. The fourth-order valence-electron chi connectivity index (χ4n) is 3.65. The molecular weight excluding hydrogens is 408 g/mol. The highest BCUT2D eigenvalue weighted by atomic mass is 35.5. The van der Waals surface area contributed by atoms with Gasteiger partial charge in [-0.25, -0.2) is 0 Å². The zero-order chi connectivity index (χ0) is 20.2. The molecule has 0 aliphatic heterocycles. The van der Waals surface area contributed by atoms with Crippen LogP contribution in [0, 0.1) is 0 Å². The number of amides is 1. The van der Waals surface area contributed by atoms with Crippen LogP contribution in [0.4, 0.5) is 0 Å². The summed E-state index contributed by atoms with van der Waals surface area (Å²) in [6.45, 7) is 0.451. The minimum atomic E-state index is 0.0201. The number of aromatic nitrogens is 3. The van der Waals surface area contributed by atoms with E-state index < -0.39 is 0 Å². The highest BCUT2D eigenvalue weighted by Gasteiger charge is 2.26. The Balaban J connectivity index is 1.52.